The van der Waals surface area contributed by atoms with Crippen LogP contribution in [-0.2, 0) is 4.79 Å². The van der Waals surface area contributed by atoms with Crippen LogP contribution < -0.4 is 10.2 Å². The lowest BCUT2D eigenvalue weighted by Crippen LogP contribution is -2.18. The number of ether oxygens (including phenoxy) is 1. The predicted octanol–water partition coefficient (Wildman–Crippen LogP) is 3.57. The minimum Gasteiger partial charge on any atom is -0.507 e. The molecule has 0 aliphatic carbocycles. The molecule has 0 atom stereocenters. The molecule has 0 spiro atoms. The lowest BCUT2D eigenvalue weighted by Gasteiger charge is -2.08. The summed E-state index contributed by atoms with van der Waals surface area (Å²) in [5.41, 5.74) is 3.16. The number of aromatic hydroxyl groups is 1. The van der Waals surface area contributed by atoms with E-state index in [1.165, 1.54) is 12.1 Å². The van der Waals surface area contributed by atoms with Gasteiger partial charge < -0.3 is 9.84 Å². The van der Waals surface area contributed by atoms with Gasteiger partial charge in [0.1, 0.15) is 11.5 Å². The molecule has 0 saturated carbocycles. The number of carbonyl (C=O) groups is 1. The van der Waals surface area contributed by atoms with Gasteiger partial charge in [0.15, 0.2) is 0 Å². The molecule has 0 radical (unpaired) electrons. The number of hydrazone groups is 1. The maximum atomic E-state index is 11.7. The van der Waals surface area contributed by atoms with Crippen LogP contribution in [0.25, 0.3) is 0 Å². The average molecular weight is 392 g/mol. The van der Waals surface area contributed by atoms with Crippen molar-refractivity contribution in [3.05, 3.63) is 62.7 Å². The molecule has 8 nitrogen and oxygen atoms in total. The number of aryl methyl sites for hydroxylation is 1. The third-order valence-electron chi connectivity index (χ3n) is 3.56. The van der Waals surface area contributed by atoms with E-state index in [2.05, 4.69) is 10.5 Å². The summed E-state index contributed by atoms with van der Waals surface area (Å²) in [6.45, 7) is 2.23. The highest BCUT2D eigenvalue weighted by Gasteiger charge is 2.09. The summed E-state index contributed by atoms with van der Waals surface area (Å²) in [4.78, 5) is 21.9. The molecule has 0 unspecified atom stereocenters. The lowest BCUT2D eigenvalue weighted by molar-refractivity contribution is -0.384. The van der Waals surface area contributed by atoms with Gasteiger partial charge in [-0.3, -0.25) is 14.9 Å². The van der Waals surface area contributed by atoms with E-state index in [0.717, 1.165) is 17.8 Å². The Morgan fingerprint density at radius 3 is 2.85 bits per heavy atom. The molecule has 27 heavy (non-hydrogen) atoms. The van der Waals surface area contributed by atoms with Crippen LogP contribution in [0.3, 0.4) is 0 Å². The van der Waals surface area contributed by atoms with Gasteiger partial charge in [-0.05, 0) is 43.2 Å². The van der Waals surface area contributed by atoms with E-state index in [9.17, 15) is 20.0 Å². The number of hydrogen-bond acceptors (Lipinski definition) is 6. The van der Waals surface area contributed by atoms with Crippen LogP contribution in [0.4, 0.5) is 5.69 Å². The Labute approximate surface area is 160 Å². The fourth-order valence-electron chi connectivity index (χ4n) is 2.18. The second-order valence-electron chi connectivity index (χ2n) is 5.66. The van der Waals surface area contributed by atoms with Crippen LogP contribution >= 0.6 is 11.6 Å². The Kier molecular flexibility index (Phi) is 7.13. The zero-order valence-corrected chi connectivity index (χ0v) is 15.3. The molecule has 0 bridgehead atoms. The number of non-ortho nitro benzene ring substituents is 1. The number of nitro benzene ring substituents is 1. The first kappa shape index (κ1) is 20.2. The van der Waals surface area contributed by atoms with Crippen LogP contribution in [0.1, 0.15) is 24.0 Å². The number of nitrogens with zero attached hydrogens (tertiary/aromatic N) is 2. The van der Waals surface area contributed by atoms with Crippen molar-refractivity contribution >= 4 is 29.4 Å². The van der Waals surface area contributed by atoms with Crippen molar-refractivity contribution in [2.45, 2.75) is 19.8 Å². The molecule has 2 N–H and O–H groups in total. The van der Waals surface area contributed by atoms with Crippen LogP contribution in [0.5, 0.6) is 11.5 Å². The van der Waals surface area contributed by atoms with Gasteiger partial charge in [0.05, 0.1) is 17.7 Å². The Bertz CT molecular complexity index is 870. The van der Waals surface area contributed by atoms with Crippen molar-refractivity contribution in [1.82, 2.24) is 5.43 Å². The maximum Gasteiger partial charge on any atom is 0.270 e. The fourth-order valence-corrected chi connectivity index (χ4v) is 2.40. The molecule has 9 heteroatoms. The van der Waals surface area contributed by atoms with E-state index >= 15 is 0 Å². The lowest BCUT2D eigenvalue weighted by atomic mass is 10.2. The Morgan fingerprint density at radius 2 is 2.15 bits per heavy atom. The van der Waals surface area contributed by atoms with Crippen molar-refractivity contribution in [3.63, 3.8) is 0 Å². The smallest absolute Gasteiger partial charge is 0.270 e. The van der Waals surface area contributed by atoms with E-state index in [-0.39, 0.29) is 29.3 Å². The van der Waals surface area contributed by atoms with E-state index in [1.807, 2.05) is 6.92 Å². The van der Waals surface area contributed by atoms with Gasteiger partial charge in [-0.25, -0.2) is 5.43 Å². The standard InChI is InChI=1S/C18H18ClN3O5/c1-12-9-14(19)4-7-17(12)27-8-2-3-18(24)21-20-11-13-10-15(22(25)26)5-6-16(13)23/h4-7,9-11,23H,2-3,8H2,1H3,(H,21,24)/b20-11+. The summed E-state index contributed by atoms with van der Waals surface area (Å²) in [6.07, 6.45) is 1.81. The first-order valence-corrected chi connectivity index (χ1v) is 8.43. The molecule has 2 aromatic rings. The minimum absolute atomic E-state index is 0.131. The number of hydrogen-bond donors (Lipinski definition) is 2. The summed E-state index contributed by atoms with van der Waals surface area (Å²) in [6, 6.07) is 8.82. The third-order valence-corrected chi connectivity index (χ3v) is 3.79. The molecule has 2 aromatic carbocycles. The van der Waals surface area contributed by atoms with E-state index in [0.29, 0.717) is 23.8 Å². The molecule has 0 aliphatic rings. The van der Waals surface area contributed by atoms with Gasteiger partial charge in [0, 0.05) is 29.1 Å². The van der Waals surface area contributed by atoms with Crippen LogP contribution in [0, 0.1) is 17.0 Å². The highest BCUT2D eigenvalue weighted by atomic mass is 35.5. The van der Waals surface area contributed by atoms with Crippen molar-refractivity contribution < 1.29 is 19.6 Å². The second kappa shape index (κ2) is 9.54. The fraction of sp³-hybridized carbons (Fsp3) is 0.222. The van der Waals surface area contributed by atoms with Gasteiger partial charge in [0.25, 0.3) is 5.69 Å². The molecule has 0 aromatic heterocycles. The number of rotatable bonds is 8. The number of carbonyl (C=O) groups excluding carboxylic acids is 1. The quantitative estimate of drug-likeness (QED) is 0.309. The van der Waals surface area contributed by atoms with E-state index in [1.54, 1.807) is 18.2 Å². The maximum absolute atomic E-state index is 11.7. The number of phenolic OH excluding ortho intramolecular Hbond substituents is 1. The van der Waals surface area contributed by atoms with Crippen molar-refractivity contribution in [2.24, 2.45) is 5.10 Å². The number of nitro groups is 1. The number of halogens is 1. The molecule has 1 amide bonds. The van der Waals surface area contributed by atoms with Crippen LogP contribution in [0.15, 0.2) is 41.5 Å². The summed E-state index contributed by atoms with van der Waals surface area (Å²) >= 11 is 5.88. The Balaban J connectivity index is 1.77. The van der Waals surface area contributed by atoms with Gasteiger partial charge in [-0.2, -0.15) is 5.10 Å². The van der Waals surface area contributed by atoms with Crippen molar-refractivity contribution in [3.8, 4) is 11.5 Å². The monoisotopic (exact) mass is 391 g/mol. The van der Waals surface area contributed by atoms with Gasteiger partial charge in [-0.1, -0.05) is 11.6 Å². The minimum atomic E-state index is -0.586. The summed E-state index contributed by atoms with van der Waals surface area (Å²) < 4.78 is 5.59. The molecule has 2 rings (SSSR count). The molecule has 0 heterocycles. The first-order valence-electron chi connectivity index (χ1n) is 8.05. The van der Waals surface area contributed by atoms with Gasteiger partial charge in [-0.15, -0.1) is 0 Å². The normalized spacial score (nSPS) is 10.7. The molecular weight excluding hydrogens is 374 g/mol. The third kappa shape index (κ3) is 6.27. The molecule has 0 fully saturated rings. The zero-order chi connectivity index (χ0) is 19.8. The van der Waals surface area contributed by atoms with Crippen molar-refractivity contribution in [2.75, 3.05) is 6.61 Å². The number of amides is 1. The number of benzene rings is 2. The van der Waals surface area contributed by atoms with Crippen LogP contribution in [-0.4, -0.2) is 28.8 Å². The Morgan fingerprint density at radius 1 is 1.37 bits per heavy atom. The highest BCUT2D eigenvalue weighted by molar-refractivity contribution is 6.30. The highest BCUT2D eigenvalue weighted by Crippen LogP contribution is 2.22. The SMILES string of the molecule is Cc1cc(Cl)ccc1OCCCC(=O)N/N=C/c1cc([N+](=O)[O-])ccc1O. The zero-order valence-electron chi connectivity index (χ0n) is 14.5. The summed E-state index contributed by atoms with van der Waals surface area (Å²) in [7, 11) is 0. The molecule has 0 aliphatic heterocycles. The van der Waals surface area contributed by atoms with Crippen LogP contribution in [0.2, 0.25) is 5.02 Å². The largest absolute Gasteiger partial charge is 0.507 e. The topological polar surface area (TPSA) is 114 Å². The first-order chi connectivity index (χ1) is 12.9. The summed E-state index contributed by atoms with van der Waals surface area (Å²) in [5, 5.41) is 24.7. The Hall–Kier alpha value is -3.13. The molecule has 142 valence electrons. The van der Waals surface area contributed by atoms with E-state index < -0.39 is 4.92 Å². The number of phenols is 1. The van der Waals surface area contributed by atoms with E-state index in [4.69, 9.17) is 16.3 Å². The molecule has 0 saturated heterocycles. The summed E-state index contributed by atoms with van der Waals surface area (Å²) in [5.74, 6) is 0.192. The van der Waals surface area contributed by atoms with Crippen molar-refractivity contribution in [1.29, 1.82) is 0 Å². The number of nitrogens with one attached hydrogen (secondary N) is 1. The average Bonchev–Trinajstić information content (AvgIpc) is 2.61. The van der Waals surface area contributed by atoms with Gasteiger partial charge in [0.2, 0.25) is 5.91 Å². The predicted molar refractivity (Wildman–Crippen MR) is 101 cm³/mol. The molecular formula is C18H18ClN3O5. The van der Waals surface area contributed by atoms with Gasteiger partial charge >= 0.3 is 0 Å². The second-order valence-corrected chi connectivity index (χ2v) is 6.09.